The Morgan fingerprint density at radius 1 is 1.36 bits per heavy atom. The van der Waals surface area contributed by atoms with Gasteiger partial charge in [-0.05, 0) is 24.8 Å². The first-order valence-electron chi connectivity index (χ1n) is 10.5. The molecule has 1 saturated heterocycles. The van der Waals surface area contributed by atoms with Crippen LogP contribution in [-0.2, 0) is 11.3 Å². The molecule has 0 saturated carbocycles. The molecule has 1 aromatic heterocycles. The zero-order chi connectivity index (χ0) is 20.2. The number of guanidine groups is 1. The molecule has 2 heterocycles. The van der Waals surface area contributed by atoms with Gasteiger partial charge in [-0.2, -0.15) is 0 Å². The van der Waals surface area contributed by atoms with Crippen molar-refractivity contribution in [3.63, 3.8) is 0 Å². The van der Waals surface area contributed by atoms with E-state index in [0.29, 0.717) is 24.9 Å². The lowest BCUT2D eigenvalue weighted by molar-refractivity contribution is -0.0284. The minimum atomic E-state index is 0.188. The van der Waals surface area contributed by atoms with Crippen LogP contribution < -0.4 is 15.4 Å². The van der Waals surface area contributed by atoms with E-state index < -0.39 is 0 Å². The number of nitrogens with zero attached hydrogens (tertiary/aromatic N) is 3. The Morgan fingerprint density at radius 2 is 2.21 bits per heavy atom. The predicted octanol–water partition coefficient (Wildman–Crippen LogP) is 2.28. The van der Waals surface area contributed by atoms with Gasteiger partial charge in [-0.3, -0.25) is 4.90 Å². The Morgan fingerprint density at radius 3 is 2.89 bits per heavy atom. The first kappa shape index (κ1) is 22.4. The number of morpholine rings is 1. The molecule has 28 heavy (non-hydrogen) atoms. The van der Waals surface area contributed by atoms with E-state index in [4.69, 9.17) is 9.47 Å². The lowest BCUT2D eigenvalue weighted by atomic mass is 10.2. The molecule has 1 fully saturated rings. The van der Waals surface area contributed by atoms with Crippen molar-refractivity contribution in [2.45, 2.75) is 46.8 Å². The molecule has 0 spiro atoms. The van der Waals surface area contributed by atoms with Gasteiger partial charge in [-0.1, -0.05) is 26.8 Å². The summed E-state index contributed by atoms with van der Waals surface area (Å²) in [5.74, 6) is 2.15. The topological polar surface area (TPSA) is 71.0 Å². The molecule has 1 unspecified atom stereocenters. The highest BCUT2D eigenvalue weighted by Gasteiger charge is 2.21. The van der Waals surface area contributed by atoms with Gasteiger partial charge in [-0.25, -0.2) is 9.98 Å². The largest absolute Gasteiger partial charge is 0.478 e. The molecular formula is C21H37N5O2. The standard InChI is InChI=1S/C21H37N5O2/c1-5-10-28-20-8-7-18(12-23-20)13-24-21(22-6-2)25-14-19-16-26(9-11-27-19)15-17(3)4/h7-8,12,17,19H,5-6,9-11,13-16H2,1-4H3,(H2,22,24,25). The summed E-state index contributed by atoms with van der Waals surface area (Å²) in [6, 6.07) is 3.92. The summed E-state index contributed by atoms with van der Waals surface area (Å²) >= 11 is 0. The monoisotopic (exact) mass is 391 g/mol. The molecular weight excluding hydrogens is 354 g/mol. The van der Waals surface area contributed by atoms with Gasteiger partial charge in [0.2, 0.25) is 5.88 Å². The molecule has 2 rings (SSSR count). The summed E-state index contributed by atoms with van der Waals surface area (Å²) in [5.41, 5.74) is 1.05. The molecule has 7 heteroatoms. The second-order valence-electron chi connectivity index (χ2n) is 7.58. The molecule has 2 N–H and O–H groups in total. The number of rotatable bonds is 10. The normalized spacial score (nSPS) is 18.3. The highest BCUT2D eigenvalue weighted by atomic mass is 16.5. The molecule has 0 aliphatic carbocycles. The van der Waals surface area contributed by atoms with E-state index in [0.717, 1.165) is 57.3 Å². The number of aliphatic imine (C=N–C) groups is 1. The third-order valence-corrected chi connectivity index (χ3v) is 4.36. The zero-order valence-corrected chi connectivity index (χ0v) is 17.9. The fraction of sp³-hybridized carbons (Fsp3) is 0.714. The van der Waals surface area contributed by atoms with Gasteiger partial charge in [0.05, 0.1) is 25.9 Å². The van der Waals surface area contributed by atoms with E-state index in [9.17, 15) is 0 Å². The van der Waals surface area contributed by atoms with E-state index in [2.05, 4.69) is 53.2 Å². The molecule has 158 valence electrons. The summed E-state index contributed by atoms with van der Waals surface area (Å²) in [4.78, 5) is 11.5. The highest BCUT2D eigenvalue weighted by molar-refractivity contribution is 5.79. The number of ether oxygens (including phenoxy) is 2. The van der Waals surface area contributed by atoms with Crippen molar-refractivity contribution in [2.24, 2.45) is 10.9 Å². The van der Waals surface area contributed by atoms with Crippen LogP contribution in [0.4, 0.5) is 0 Å². The second-order valence-corrected chi connectivity index (χ2v) is 7.58. The van der Waals surface area contributed by atoms with Crippen LogP contribution in [0.25, 0.3) is 0 Å². The SMILES string of the molecule is CCCOc1ccc(CN=C(NCC)NCC2CN(CC(C)C)CCO2)cn1. The molecule has 0 bridgehead atoms. The van der Waals surface area contributed by atoms with E-state index in [1.54, 1.807) is 0 Å². The predicted molar refractivity (Wildman–Crippen MR) is 114 cm³/mol. The Labute approximate surface area is 169 Å². The van der Waals surface area contributed by atoms with Crippen molar-refractivity contribution in [2.75, 3.05) is 45.9 Å². The number of aromatic nitrogens is 1. The van der Waals surface area contributed by atoms with Gasteiger partial charge >= 0.3 is 0 Å². The van der Waals surface area contributed by atoms with Crippen LogP contribution in [0.15, 0.2) is 23.3 Å². The first-order chi connectivity index (χ1) is 13.6. The smallest absolute Gasteiger partial charge is 0.213 e. The first-order valence-corrected chi connectivity index (χ1v) is 10.5. The van der Waals surface area contributed by atoms with Crippen molar-refractivity contribution in [1.82, 2.24) is 20.5 Å². The van der Waals surface area contributed by atoms with E-state index in [1.165, 1.54) is 0 Å². The van der Waals surface area contributed by atoms with Crippen LogP contribution >= 0.6 is 0 Å². The molecule has 1 aliphatic rings. The summed E-state index contributed by atoms with van der Waals surface area (Å²) in [5, 5.41) is 6.72. The number of hydrogen-bond donors (Lipinski definition) is 2. The van der Waals surface area contributed by atoms with Crippen LogP contribution in [0, 0.1) is 5.92 Å². The zero-order valence-electron chi connectivity index (χ0n) is 17.9. The number of nitrogens with one attached hydrogen (secondary N) is 2. The average Bonchev–Trinajstić information content (AvgIpc) is 2.69. The van der Waals surface area contributed by atoms with Gasteiger partial charge in [-0.15, -0.1) is 0 Å². The minimum Gasteiger partial charge on any atom is -0.478 e. The van der Waals surface area contributed by atoms with Crippen molar-refractivity contribution in [1.29, 1.82) is 0 Å². The van der Waals surface area contributed by atoms with E-state index in [1.807, 2.05) is 18.3 Å². The van der Waals surface area contributed by atoms with Crippen LogP contribution in [0.2, 0.25) is 0 Å². The fourth-order valence-corrected chi connectivity index (χ4v) is 3.11. The summed E-state index contributed by atoms with van der Waals surface area (Å²) < 4.78 is 11.4. The quantitative estimate of drug-likeness (QED) is 0.471. The third-order valence-electron chi connectivity index (χ3n) is 4.36. The Balaban J connectivity index is 1.83. The lowest BCUT2D eigenvalue weighted by Gasteiger charge is -2.34. The molecule has 0 amide bonds. The summed E-state index contributed by atoms with van der Waals surface area (Å²) in [7, 11) is 0. The summed E-state index contributed by atoms with van der Waals surface area (Å²) in [6.07, 6.45) is 2.99. The Bertz CT molecular complexity index is 577. The van der Waals surface area contributed by atoms with Crippen molar-refractivity contribution >= 4 is 5.96 Å². The maximum atomic E-state index is 5.92. The third kappa shape index (κ3) is 8.44. The molecule has 0 radical (unpaired) electrons. The maximum absolute atomic E-state index is 5.92. The van der Waals surface area contributed by atoms with Gasteiger partial charge in [0.1, 0.15) is 0 Å². The number of pyridine rings is 1. The average molecular weight is 392 g/mol. The van der Waals surface area contributed by atoms with Crippen molar-refractivity contribution in [3.8, 4) is 5.88 Å². The highest BCUT2D eigenvalue weighted by Crippen LogP contribution is 2.09. The van der Waals surface area contributed by atoms with Gasteiger partial charge in [0, 0.05) is 45.0 Å². The molecule has 1 atom stereocenters. The van der Waals surface area contributed by atoms with Crippen LogP contribution in [0.3, 0.4) is 0 Å². The number of hydrogen-bond acceptors (Lipinski definition) is 5. The van der Waals surface area contributed by atoms with Gasteiger partial charge in [0.25, 0.3) is 0 Å². The minimum absolute atomic E-state index is 0.188. The molecule has 1 aliphatic heterocycles. The van der Waals surface area contributed by atoms with Crippen LogP contribution in [-0.4, -0.2) is 67.9 Å². The summed E-state index contributed by atoms with van der Waals surface area (Å²) in [6.45, 7) is 15.4. The van der Waals surface area contributed by atoms with Crippen LogP contribution in [0.5, 0.6) is 5.88 Å². The van der Waals surface area contributed by atoms with Crippen molar-refractivity contribution in [3.05, 3.63) is 23.9 Å². The van der Waals surface area contributed by atoms with Crippen LogP contribution in [0.1, 0.15) is 39.7 Å². The second kappa shape index (κ2) is 12.6. The Hall–Kier alpha value is -1.86. The Kier molecular flexibility index (Phi) is 10.1. The van der Waals surface area contributed by atoms with E-state index >= 15 is 0 Å². The molecule has 7 nitrogen and oxygen atoms in total. The molecule has 0 aromatic carbocycles. The maximum Gasteiger partial charge on any atom is 0.213 e. The fourth-order valence-electron chi connectivity index (χ4n) is 3.11. The van der Waals surface area contributed by atoms with Gasteiger partial charge in [0.15, 0.2) is 5.96 Å². The van der Waals surface area contributed by atoms with Gasteiger partial charge < -0.3 is 20.1 Å². The lowest BCUT2D eigenvalue weighted by Crippen LogP contribution is -2.50. The van der Waals surface area contributed by atoms with Crippen molar-refractivity contribution < 1.29 is 9.47 Å². The molecule has 1 aromatic rings. The van der Waals surface area contributed by atoms with E-state index in [-0.39, 0.29) is 6.10 Å².